The summed E-state index contributed by atoms with van der Waals surface area (Å²) in [5.74, 6) is -0.451. The summed E-state index contributed by atoms with van der Waals surface area (Å²) in [5, 5.41) is 2.45. The number of nitrogens with one attached hydrogen (secondary N) is 1. The largest absolute Gasteiger partial charge is 0.455 e. The minimum absolute atomic E-state index is 0.0606. The van der Waals surface area contributed by atoms with Crippen LogP contribution in [0.5, 0.6) is 0 Å². The summed E-state index contributed by atoms with van der Waals surface area (Å²) < 4.78 is 18.9. The zero-order valence-corrected chi connectivity index (χ0v) is 12.9. The van der Waals surface area contributed by atoms with Gasteiger partial charge in [0.2, 0.25) is 0 Å². The highest BCUT2D eigenvalue weighted by molar-refractivity contribution is 5.99. The monoisotopic (exact) mass is 323 g/mol. The van der Waals surface area contributed by atoms with Crippen molar-refractivity contribution in [2.45, 2.75) is 0 Å². The molecule has 1 aromatic heterocycles. The van der Waals surface area contributed by atoms with Gasteiger partial charge < -0.3 is 9.73 Å². The van der Waals surface area contributed by atoms with Crippen molar-refractivity contribution in [1.29, 1.82) is 0 Å². The lowest BCUT2D eigenvalue weighted by atomic mass is 10.0. The van der Waals surface area contributed by atoms with Crippen LogP contribution in [0.4, 0.5) is 4.39 Å². The average molecular weight is 323 g/mol. The van der Waals surface area contributed by atoms with Crippen LogP contribution in [0, 0.1) is 5.82 Å². The molecule has 2 aromatic carbocycles. The number of hydrogen-bond acceptors (Lipinski definition) is 3. The fourth-order valence-corrected chi connectivity index (χ4v) is 2.38. The molecule has 0 bridgehead atoms. The molecule has 0 aliphatic carbocycles. The van der Waals surface area contributed by atoms with Crippen LogP contribution in [0.3, 0.4) is 0 Å². The zero-order valence-electron chi connectivity index (χ0n) is 12.9. The van der Waals surface area contributed by atoms with E-state index in [9.17, 15) is 14.0 Å². The topological polar surface area (TPSA) is 59.3 Å². The number of amides is 1. The Morgan fingerprint density at radius 3 is 2.29 bits per heavy atom. The Bertz CT molecular complexity index is 931. The number of rotatable bonds is 3. The van der Waals surface area contributed by atoms with E-state index >= 15 is 0 Å². The molecule has 0 aliphatic rings. The van der Waals surface area contributed by atoms with Gasteiger partial charge >= 0.3 is 0 Å². The van der Waals surface area contributed by atoms with Gasteiger partial charge in [0.05, 0.1) is 0 Å². The second-order valence-electron chi connectivity index (χ2n) is 5.13. The van der Waals surface area contributed by atoms with Crippen molar-refractivity contribution in [2.75, 3.05) is 7.05 Å². The van der Waals surface area contributed by atoms with Gasteiger partial charge in [-0.15, -0.1) is 0 Å². The van der Waals surface area contributed by atoms with Gasteiger partial charge in [0.1, 0.15) is 17.1 Å². The summed E-state index contributed by atoms with van der Waals surface area (Å²) in [6.07, 6.45) is 0. The highest BCUT2D eigenvalue weighted by Gasteiger charge is 2.20. The van der Waals surface area contributed by atoms with Gasteiger partial charge in [-0.3, -0.25) is 9.59 Å². The molecule has 24 heavy (non-hydrogen) atoms. The molecule has 0 fully saturated rings. The maximum absolute atomic E-state index is 13.1. The first-order valence-electron chi connectivity index (χ1n) is 7.31. The SMILES string of the molecule is CNC(=O)c1c(-c2ccccc2)oc(-c2ccc(F)cc2)cc1=O. The molecule has 5 heteroatoms. The first kappa shape index (κ1) is 15.7. The minimum atomic E-state index is -0.520. The Morgan fingerprint density at radius 2 is 1.67 bits per heavy atom. The molecule has 1 N–H and O–H groups in total. The minimum Gasteiger partial charge on any atom is -0.455 e. The van der Waals surface area contributed by atoms with Crippen LogP contribution < -0.4 is 10.7 Å². The van der Waals surface area contributed by atoms with Gasteiger partial charge in [0.15, 0.2) is 11.2 Å². The molecule has 1 amide bonds. The smallest absolute Gasteiger partial charge is 0.258 e. The highest BCUT2D eigenvalue weighted by atomic mass is 19.1. The Morgan fingerprint density at radius 1 is 1.00 bits per heavy atom. The molecular weight excluding hydrogens is 309 g/mol. The van der Waals surface area contributed by atoms with E-state index in [0.717, 1.165) is 0 Å². The Labute approximate surface area is 137 Å². The zero-order chi connectivity index (χ0) is 17.1. The molecule has 0 spiro atoms. The third-order valence-electron chi connectivity index (χ3n) is 3.57. The van der Waals surface area contributed by atoms with Crippen molar-refractivity contribution in [3.8, 4) is 22.6 Å². The highest BCUT2D eigenvalue weighted by Crippen LogP contribution is 2.27. The molecule has 0 radical (unpaired) electrons. The Hall–Kier alpha value is -3.21. The molecule has 0 saturated carbocycles. The molecular formula is C19H14FNO3. The normalized spacial score (nSPS) is 10.4. The van der Waals surface area contributed by atoms with Crippen LogP contribution >= 0.6 is 0 Å². The van der Waals surface area contributed by atoms with Gasteiger partial charge in [-0.2, -0.15) is 0 Å². The van der Waals surface area contributed by atoms with E-state index in [1.54, 1.807) is 24.3 Å². The molecule has 0 saturated heterocycles. The maximum Gasteiger partial charge on any atom is 0.258 e. The van der Waals surface area contributed by atoms with Crippen molar-refractivity contribution in [3.63, 3.8) is 0 Å². The van der Waals surface area contributed by atoms with Crippen LogP contribution in [0.1, 0.15) is 10.4 Å². The molecule has 0 atom stereocenters. The van der Waals surface area contributed by atoms with Crippen molar-refractivity contribution in [1.82, 2.24) is 5.32 Å². The number of benzene rings is 2. The van der Waals surface area contributed by atoms with E-state index in [1.807, 2.05) is 6.07 Å². The molecule has 0 aliphatic heterocycles. The van der Waals surface area contributed by atoms with Crippen LogP contribution in [-0.4, -0.2) is 13.0 Å². The van der Waals surface area contributed by atoms with E-state index in [0.29, 0.717) is 11.1 Å². The summed E-state index contributed by atoms with van der Waals surface area (Å²) in [7, 11) is 1.45. The number of carbonyl (C=O) groups excluding carboxylic acids is 1. The van der Waals surface area contributed by atoms with E-state index < -0.39 is 11.3 Å². The molecule has 3 aromatic rings. The molecule has 0 unspecified atom stereocenters. The van der Waals surface area contributed by atoms with Crippen molar-refractivity contribution in [3.05, 3.63) is 82.3 Å². The van der Waals surface area contributed by atoms with Gasteiger partial charge in [0, 0.05) is 24.2 Å². The number of carbonyl (C=O) groups is 1. The first-order chi connectivity index (χ1) is 11.6. The van der Waals surface area contributed by atoms with E-state index in [1.165, 1.54) is 37.4 Å². The fraction of sp³-hybridized carbons (Fsp3) is 0.0526. The van der Waals surface area contributed by atoms with Crippen molar-refractivity contribution < 1.29 is 13.6 Å². The van der Waals surface area contributed by atoms with Gasteiger partial charge in [-0.1, -0.05) is 30.3 Å². The standard InChI is InChI=1S/C19H14FNO3/c1-21-19(23)17-15(22)11-16(12-7-9-14(20)10-8-12)24-18(17)13-5-3-2-4-6-13/h2-11H,1H3,(H,21,23). The summed E-state index contributed by atoms with van der Waals surface area (Å²) in [6, 6.07) is 15.7. The Balaban J connectivity index is 2.25. The van der Waals surface area contributed by atoms with Crippen LogP contribution in [-0.2, 0) is 0 Å². The molecule has 3 rings (SSSR count). The van der Waals surface area contributed by atoms with Crippen LogP contribution in [0.15, 0.2) is 69.9 Å². The third kappa shape index (κ3) is 2.96. The molecule has 1 heterocycles. The predicted molar refractivity (Wildman–Crippen MR) is 89.2 cm³/mol. The predicted octanol–water partition coefficient (Wildman–Crippen LogP) is 3.47. The van der Waals surface area contributed by atoms with E-state index in [-0.39, 0.29) is 22.9 Å². The molecule has 4 nitrogen and oxygen atoms in total. The fourth-order valence-electron chi connectivity index (χ4n) is 2.38. The van der Waals surface area contributed by atoms with Crippen molar-refractivity contribution in [2.24, 2.45) is 0 Å². The second kappa shape index (κ2) is 6.50. The van der Waals surface area contributed by atoms with Gasteiger partial charge in [-0.05, 0) is 24.3 Å². The number of halogens is 1. The molecule has 120 valence electrons. The van der Waals surface area contributed by atoms with Gasteiger partial charge in [-0.25, -0.2) is 4.39 Å². The van der Waals surface area contributed by atoms with Crippen molar-refractivity contribution >= 4 is 5.91 Å². The quantitative estimate of drug-likeness (QED) is 0.803. The van der Waals surface area contributed by atoms with E-state index in [2.05, 4.69) is 5.32 Å². The third-order valence-corrected chi connectivity index (χ3v) is 3.57. The summed E-state index contributed by atoms with van der Waals surface area (Å²) in [4.78, 5) is 24.6. The summed E-state index contributed by atoms with van der Waals surface area (Å²) in [5.41, 5.74) is 0.639. The lowest BCUT2D eigenvalue weighted by Gasteiger charge is -2.10. The average Bonchev–Trinajstić information content (AvgIpc) is 2.62. The maximum atomic E-state index is 13.1. The van der Waals surface area contributed by atoms with E-state index in [4.69, 9.17) is 4.42 Å². The lowest BCUT2D eigenvalue weighted by Crippen LogP contribution is -2.26. The lowest BCUT2D eigenvalue weighted by molar-refractivity contribution is 0.0961. The van der Waals surface area contributed by atoms with Gasteiger partial charge in [0.25, 0.3) is 5.91 Å². The van der Waals surface area contributed by atoms with Crippen LogP contribution in [0.2, 0.25) is 0 Å². The number of hydrogen-bond donors (Lipinski definition) is 1. The first-order valence-corrected chi connectivity index (χ1v) is 7.31. The summed E-state index contributed by atoms with van der Waals surface area (Å²) in [6.45, 7) is 0. The summed E-state index contributed by atoms with van der Waals surface area (Å²) >= 11 is 0. The van der Waals surface area contributed by atoms with Crippen LogP contribution in [0.25, 0.3) is 22.6 Å². The Kier molecular flexibility index (Phi) is 4.24. The second-order valence-corrected chi connectivity index (χ2v) is 5.13.